The molecule has 0 atom stereocenters. The highest BCUT2D eigenvalue weighted by Crippen LogP contribution is 2.31. The summed E-state index contributed by atoms with van der Waals surface area (Å²) in [4.78, 5) is 8.78. The fourth-order valence-corrected chi connectivity index (χ4v) is 1.46. The zero-order valence-electron chi connectivity index (χ0n) is 7.73. The topological polar surface area (TPSA) is 109 Å². The predicted molar refractivity (Wildman–Crippen MR) is 60.0 cm³/mol. The minimum atomic E-state index is -1.96. The molecular formula is C8H8BrN2O4-. The lowest BCUT2D eigenvalue weighted by molar-refractivity contribution is 0.0698. The number of carbonyl (C=O) groups is 1. The van der Waals surface area contributed by atoms with E-state index in [1.54, 1.807) is 0 Å². The van der Waals surface area contributed by atoms with Gasteiger partial charge in [0.1, 0.15) is 5.69 Å². The van der Waals surface area contributed by atoms with Crippen molar-refractivity contribution in [3.8, 4) is 0 Å². The Hall–Kier alpha value is -1.15. The summed E-state index contributed by atoms with van der Waals surface area (Å²) >= 11 is 2.98. The number of carboxylic acid groups (broad SMARTS) is 1. The van der Waals surface area contributed by atoms with Crippen LogP contribution in [0.2, 0.25) is 0 Å². The fraction of sp³-hybridized carbons (Fsp3) is 0.125. The zero-order valence-corrected chi connectivity index (χ0v) is 9.32. The number of halogens is 1. The number of carboxylic acids is 1. The molecule has 0 bridgehead atoms. The maximum Gasteiger partial charge on any atom is 0.338 e. The molecule has 6 nitrogen and oxygen atoms in total. The normalized spacial score (nSPS) is 11.5. The lowest BCUT2D eigenvalue weighted by Crippen LogP contribution is -2.30. The summed E-state index contributed by atoms with van der Waals surface area (Å²) in [7, 11) is 0.851. The summed E-state index contributed by atoms with van der Waals surface area (Å²) in [6, 6.07) is 2.18. The molecule has 3 N–H and O–H groups in total. The largest absolute Gasteiger partial charge is 0.626 e. The Bertz CT molecular complexity index is 414. The van der Waals surface area contributed by atoms with Crippen molar-refractivity contribution in [3.63, 3.8) is 0 Å². The molecule has 1 aromatic carbocycles. The van der Waals surface area contributed by atoms with Crippen molar-refractivity contribution in [2.75, 3.05) is 12.8 Å². The third kappa shape index (κ3) is 2.45. The number of hydroxylamine groups is 2. The van der Waals surface area contributed by atoms with E-state index < -0.39 is 10.8 Å². The average Bonchev–Trinajstić information content (AvgIpc) is 2.06. The third-order valence-electron chi connectivity index (χ3n) is 1.81. The maximum atomic E-state index is 11.1. The minimum absolute atomic E-state index is 0.0142. The van der Waals surface area contributed by atoms with Crippen molar-refractivity contribution >= 4 is 33.3 Å². The van der Waals surface area contributed by atoms with Gasteiger partial charge in [-0.1, -0.05) is 0 Å². The van der Waals surface area contributed by atoms with E-state index in [1.807, 2.05) is 0 Å². The van der Waals surface area contributed by atoms with E-state index in [0.29, 0.717) is 0 Å². The molecule has 0 amide bonds. The van der Waals surface area contributed by atoms with E-state index in [1.165, 1.54) is 6.07 Å². The van der Waals surface area contributed by atoms with Crippen molar-refractivity contribution in [2.24, 2.45) is 0 Å². The Morgan fingerprint density at radius 2 is 2.07 bits per heavy atom. The first-order valence-corrected chi connectivity index (χ1v) is 4.64. The first-order chi connectivity index (χ1) is 6.73. The Labute approximate surface area is 93.8 Å². The number of anilines is 1. The lowest BCUT2D eigenvalue weighted by atomic mass is 10.1. The molecule has 0 saturated heterocycles. The van der Waals surface area contributed by atoms with Crippen LogP contribution < -0.4 is 10.5 Å². The summed E-state index contributed by atoms with van der Waals surface area (Å²) in [5, 5.41) is 30.9. The van der Waals surface area contributed by atoms with Gasteiger partial charge in [0.15, 0.2) is 0 Å². The molecule has 0 aliphatic heterocycles. The number of aromatic carboxylic acids is 1. The van der Waals surface area contributed by atoms with Crippen LogP contribution in [0.4, 0.5) is 11.4 Å². The molecule has 1 aromatic rings. The van der Waals surface area contributed by atoms with Crippen LogP contribution >= 0.6 is 15.9 Å². The summed E-state index contributed by atoms with van der Waals surface area (Å²) in [5.74, 6) is -1.29. The van der Waals surface area contributed by atoms with Crippen molar-refractivity contribution in [1.82, 2.24) is 4.81 Å². The van der Waals surface area contributed by atoms with Crippen LogP contribution in [0.5, 0.6) is 0 Å². The average molecular weight is 276 g/mol. The van der Waals surface area contributed by atoms with Gasteiger partial charge in [-0.2, -0.15) is 0 Å². The van der Waals surface area contributed by atoms with E-state index in [9.17, 15) is 15.2 Å². The minimum Gasteiger partial charge on any atom is -0.626 e. The number of hydrogen-bond donors (Lipinski definition) is 2. The number of nitrogens with two attached hydrogens (primary N) is 1. The number of hydrogen-bond acceptors (Lipinski definition) is 4. The van der Waals surface area contributed by atoms with Gasteiger partial charge >= 0.3 is 5.97 Å². The summed E-state index contributed by atoms with van der Waals surface area (Å²) < 4.78 is 0.216. The monoisotopic (exact) mass is 275 g/mol. The molecular weight excluding hydrogens is 268 g/mol. The quantitative estimate of drug-likeness (QED) is 0.485. The molecule has 0 unspecified atom stereocenters. The molecule has 7 heteroatoms. The highest BCUT2D eigenvalue weighted by atomic mass is 79.9. The van der Waals surface area contributed by atoms with Crippen LogP contribution in [0.25, 0.3) is 0 Å². The first kappa shape index (κ1) is 11.9. The summed E-state index contributed by atoms with van der Waals surface area (Å²) in [6.45, 7) is 0. The van der Waals surface area contributed by atoms with Gasteiger partial charge in [-0.25, -0.2) is 4.79 Å². The van der Waals surface area contributed by atoms with Crippen LogP contribution in [0.3, 0.4) is 0 Å². The molecule has 0 heterocycles. The van der Waals surface area contributed by atoms with E-state index in [2.05, 4.69) is 15.9 Å². The number of nitrogens with zero attached hydrogens (tertiary/aromatic N) is 1. The van der Waals surface area contributed by atoms with E-state index in [-0.39, 0.29) is 21.4 Å². The third-order valence-corrected chi connectivity index (χ3v) is 2.47. The van der Waals surface area contributed by atoms with Gasteiger partial charge < -0.3 is 26.1 Å². The SMILES string of the molecule is C[N+]([O-])([O-])c1cc(Br)c(N)c(C(=O)O)c1. The number of benzene rings is 1. The van der Waals surface area contributed by atoms with Crippen molar-refractivity contribution in [1.29, 1.82) is 0 Å². The second kappa shape index (κ2) is 3.78. The van der Waals surface area contributed by atoms with Crippen molar-refractivity contribution in [3.05, 3.63) is 32.6 Å². The molecule has 0 fully saturated rings. The molecule has 0 spiro atoms. The van der Waals surface area contributed by atoms with Gasteiger partial charge in [0.25, 0.3) is 0 Å². The predicted octanol–water partition coefficient (Wildman–Crippen LogP) is 1.66. The smallest absolute Gasteiger partial charge is 0.338 e. The summed E-state index contributed by atoms with van der Waals surface area (Å²) in [5.41, 5.74) is 4.95. The molecule has 0 aliphatic rings. The van der Waals surface area contributed by atoms with Gasteiger partial charge in [-0.15, -0.1) is 0 Å². The van der Waals surface area contributed by atoms with Crippen molar-refractivity contribution in [2.45, 2.75) is 0 Å². The summed E-state index contributed by atoms with van der Waals surface area (Å²) in [6.07, 6.45) is 0. The fourth-order valence-electron chi connectivity index (χ4n) is 1.01. The highest BCUT2D eigenvalue weighted by molar-refractivity contribution is 9.10. The highest BCUT2D eigenvalue weighted by Gasteiger charge is 2.16. The van der Waals surface area contributed by atoms with E-state index >= 15 is 0 Å². The van der Waals surface area contributed by atoms with Gasteiger partial charge in [0.2, 0.25) is 0 Å². The van der Waals surface area contributed by atoms with Gasteiger partial charge in [-0.05, 0) is 15.9 Å². The molecule has 0 aliphatic carbocycles. The zero-order chi connectivity index (χ0) is 11.8. The molecule has 82 valence electrons. The Morgan fingerprint density at radius 1 is 1.53 bits per heavy atom. The van der Waals surface area contributed by atoms with Crippen LogP contribution in [-0.4, -0.2) is 18.1 Å². The van der Waals surface area contributed by atoms with E-state index in [4.69, 9.17) is 10.8 Å². The van der Waals surface area contributed by atoms with Crippen LogP contribution in [0, 0.1) is 10.4 Å². The molecule has 0 saturated carbocycles. The van der Waals surface area contributed by atoms with Crippen LogP contribution in [0.15, 0.2) is 16.6 Å². The molecule has 0 aromatic heterocycles. The van der Waals surface area contributed by atoms with E-state index in [0.717, 1.165) is 13.1 Å². The van der Waals surface area contributed by atoms with Crippen LogP contribution in [-0.2, 0) is 0 Å². The van der Waals surface area contributed by atoms with Crippen molar-refractivity contribution < 1.29 is 9.90 Å². The Morgan fingerprint density at radius 3 is 2.47 bits per heavy atom. The number of quaternary nitrogens is 1. The molecule has 0 radical (unpaired) electrons. The second-order valence-electron chi connectivity index (χ2n) is 3.04. The maximum absolute atomic E-state index is 11.1. The molecule has 15 heavy (non-hydrogen) atoms. The van der Waals surface area contributed by atoms with Crippen LogP contribution in [0.1, 0.15) is 10.4 Å². The Balaban J connectivity index is 3.43. The Kier molecular flexibility index (Phi) is 3.00. The van der Waals surface area contributed by atoms with Gasteiger partial charge in [-0.3, -0.25) is 0 Å². The second-order valence-corrected chi connectivity index (χ2v) is 3.89. The van der Waals surface area contributed by atoms with Gasteiger partial charge in [0, 0.05) is 16.6 Å². The van der Waals surface area contributed by atoms with Gasteiger partial charge in [0.05, 0.1) is 18.3 Å². The number of rotatable bonds is 2. The first-order valence-electron chi connectivity index (χ1n) is 3.85. The number of nitrogen functional groups attached to an aromatic ring is 1. The standard InChI is InChI=1S/C8H8BrN2O4/c1-11(14,15)4-2-5(8(12)13)7(10)6(9)3-4/h2-3H,10H2,1H3,(H,12,13)/q-1. The molecule has 1 rings (SSSR count). The lowest BCUT2D eigenvalue weighted by Gasteiger charge is -2.42.